The van der Waals surface area contributed by atoms with E-state index in [4.69, 9.17) is 4.98 Å². The Balaban J connectivity index is 1.95. The van der Waals surface area contributed by atoms with Gasteiger partial charge in [-0.05, 0) is 60.4 Å². The number of thiophene rings is 1. The van der Waals surface area contributed by atoms with Crippen molar-refractivity contribution in [3.05, 3.63) is 47.0 Å². The predicted molar refractivity (Wildman–Crippen MR) is 91.3 cm³/mol. The molecule has 0 unspecified atom stereocenters. The lowest BCUT2D eigenvalue weighted by Gasteiger charge is -2.21. The molecule has 0 aliphatic heterocycles. The van der Waals surface area contributed by atoms with E-state index in [0.29, 0.717) is 0 Å². The molecule has 4 aromatic rings. The van der Waals surface area contributed by atoms with E-state index in [9.17, 15) is 0 Å². The number of aromatic amines is 1. The molecule has 0 saturated heterocycles. The molecular formula is C18H15N3S. The zero-order valence-electron chi connectivity index (χ0n) is 12.1. The summed E-state index contributed by atoms with van der Waals surface area (Å²) in [6, 6.07) is 8.51. The van der Waals surface area contributed by atoms with Crippen LogP contribution in [-0.4, -0.2) is 15.2 Å². The van der Waals surface area contributed by atoms with Gasteiger partial charge in [-0.1, -0.05) is 6.07 Å². The molecule has 0 fully saturated rings. The van der Waals surface area contributed by atoms with Gasteiger partial charge in [0.15, 0.2) is 0 Å². The second-order valence-electron chi connectivity index (χ2n) is 5.89. The summed E-state index contributed by atoms with van der Waals surface area (Å²) in [5, 5.41) is 12.0. The van der Waals surface area contributed by atoms with Gasteiger partial charge in [0, 0.05) is 10.8 Å². The van der Waals surface area contributed by atoms with Crippen LogP contribution in [0.1, 0.15) is 24.0 Å². The highest BCUT2D eigenvalue weighted by atomic mass is 32.1. The Labute approximate surface area is 132 Å². The summed E-state index contributed by atoms with van der Waals surface area (Å²) >= 11 is 1.78. The van der Waals surface area contributed by atoms with E-state index in [0.717, 1.165) is 23.9 Å². The number of rotatable bonds is 1. The number of benzene rings is 1. The first-order valence-electron chi connectivity index (χ1n) is 7.73. The monoisotopic (exact) mass is 305 g/mol. The SMILES string of the molecule is c1csc(-c2nc3ccc4[nH]ncc4c3c3c2CCCC3)c1. The number of H-pyrrole nitrogens is 1. The minimum Gasteiger partial charge on any atom is -0.278 e. The predicted octanol–water partition coefficient (Wildman–Crippen LogP) is 4.72. The molecule has 0 bridgehead atoms. The molecule has 108 valence electrons. The van der Waals surface area contributed by atoms with E-state index in [1.807, 2.05) is 6.20 Å². The van der Waals surface area contributed by atoms with Gasteiger partial charge in [-0.3, -0.25) is 5.10 Å². The minimum absolute atomic E-state index is 1.10. The van der Waals surface area contributed by atoms with Crippen molar-refractivity contribution in [1.29, 1.82) is 0 Å². The number of aromatic nitrogens is 3. The van der Waals surface area contributed by atoms with Gasteiger partial charge in [0.1, 0.15) is 0 Å². The average molecular weight is 305 g/mol. The van der Waals surface area contributed by atoms with E-state index in [2.05, 4.69) is 39.8 Å². The van der Waals surface area contributed by atoms with Gasteiger partial charge in [0.25, 0.3) is 0 Å². The molecule has 1 aromatic carbocycles. The maximum absolute atomic E-state index is 5.03. The van der Waals surface area contributed by atoms with Crippen LogP contribution in [0.25, 0.3) is 32.4 Å². The fourth-order valence-electron chi connectivity index (χ4n) is 3.66. The molecule has 0 saturated carbocycles. The molecular weight excluding hydrogens is 290 g/mol. The maximum Gasteiger partial charge on any atom is 0.0844 e. The van der Waals surface area contributed by atoms with Gasteiger partial charge < -0.3 is 0 Å². The number of pyridine rings is 1. The molecule has 1 N–H and O–H groups in total. The Morgan fingerprint density at radius 2 is 1.95 bits per heavy atom. The van der Waals surface area contributed by atoms with Gasteiger partial charge in [-0.2, -0.15) is 5.10 Å². The van der Waals surface area contributed by atoms with Crippen LogP contribution in [0, 0.1) is 0 Å². The van der Waals surface area contributed by atoms with Crippen molar-refractivity contribution in [2.24, 2.45) is 0 Å². The number of aryl methyl sites for hydroxylation is 1. The molecule has 3 heterocycles. The largest absolute Gasteiger partial charge is 0.278 e. The zero-order chi connectivity index (χ0) is 14.5. The van der Waals surface area contributed by atoms with Crippen LogP contribution in [0.5, 0.6) is 0 Å². The van der Waals surface area contributed by atoms with Gasteiger partial charge in [-0.15, -0.1) is 11.3 Å². The van der Waals surface area contributed by atoms with Crippen molar-refractivity contribution in [2.75, 3.05) is 0 Å². The summed E-state index contributed by atoms with van der Waals surface area (Å²) in [6.07, 6.45) is 6.76. The highest BCUT2D eigenvalue weighted by Crippen LogP contribution is 2.38. The lowest BCUT2D eigenvalue weighted by Crippen LogP contribution is -2.07. The van der Waals surface area contributed by atoms with Gasteiger partial charge in [0.2, 0.25) is 0 Å². The molecule has 3 nitrogen and oxygen atoms in total. The van der Waals surface area contributed by atoms with E-state index >= 15 is 0 Å². The highest BCUT2D eigenvalue weighted by Gasteiger charge is 2.21. The van der Waals surface area contributed by atoms with Gasteiger partial charge in [0.05, 0.1) is 27.8 Å². The van der Waals surface area contributed by atoms with Crippen molar-refractivity contribution in [1.82, 2.24) is 15.2 Å². The van der Waals surface area contributed by atoms with Crippen LogP contribution < -0.4 is 0 Å². The Kier molecular flexibility index (Phi) is 2.61. The summed E-state index contributed by atoms with van der Waals surface area (Å²) in [4.78, 5) is 6.31. The fourth-order valence-corrected chi connectivity index (χ4v) is 4.41. The summed E-state index contributed by atoms with van der Waals surface area (Å²) < 4.78 is 0. The van der Waals surface area contributed by atoms with Crippen LogP contribution in [0.3, 0.4) is 0 Å². The van der Waals surface area contributed by atoms with E-state index in [1.165, 1.54) is 45.3 Å². The smallest absolute Gasteiger partial charge is 0.0844 e. The Hall–Kier alpha value is -2.20. The summed E-state index contributed by atoms with van der Waals surface area (Å²) in [5.74, 6) is 0. The Morgan fingerprint density at radius 3 is 2.82 bits per heavy atom. The normalized spacial score (nSPS) is 14.5. The lowest BCUT2D eigenvalue weighted by atomic mass is 9.86. The third-order valence-corrected chi connectivity index (χ3v) is 5.52. The first-order valence-corrected chi connectivity index (χ1v) is 8.61. The van der Waals surface area contributed by atoms with Crippen molar-refractivity contribution in [3.8, 4) is 10.6 Å². The van der Waals surface area contributed by atoms with Gasteiger partial charge in [-0.25, -0.2) is 4.98 Å². The quantitative estimate of drug-likeness (QED) is 0.553. The van der Waals surface area contributed by atoms with E-state index in [1.54, 1.807) is 11.3 Å². The molecule has 22 heavy (non-hydrogen) atoms. The van der Waals surface area contributed by atoms with Crippen molar-refractivity contribution >= 4 is 33.1 Å². The maximum atomic E-state index is 5.03. The standard InChI is InChI=1S/C18H15N3S/c1-2-5-12-11(4-1)17-13-10-19-21-14(13)7-8-15(17)20-18(12)16-6-3-9-22-16/h3,6-10H,1-2,4-5H2,(H,19,21). The number of hydrogen-bond acceptors (Lipinski definition) is 3. The molecule has 5 rings (SSSR count). The Morgan fingerprint density at radius 1 is 1.05 bits per heavy atom. The first kappa shape index (κ1) is 12.4. The van der Waals surface area contributed by atoms with E-state index < -0.39 is 0 Å². The van der Waals surface area contributed by atoms with Gasteiger partial charge >= 0.3 is 0 Å². The average Bonchev–Trinajstić information content (AvgIpc) is 3.25. The van der Waals surface area contributed by atoms with Crippen LogP contribution in [-0.2, 0) is 12.8 Å². The number of nitrogens with one attached hydrogen (secondary N) is 1. The van der Waals surface area contributed by atoms with Crippen molar-refractivity contribution in [2.45, 2.75) is 25.7 Å². The minimum atomic E-state index is 1.10. The highest BCUT2D eigenvalue weighted by molar-refractivity contribution is 7.13. The second-order valence-corrected chi connectivity index (χ2v) is 6.84. The number of hydrogen-bond donors (Lipinski definition) is 1. The molecule has 3 aromatic heterocycles. The molecule has 4 heteroatoms. The molecule has 0 radical (unpaired) electrons. The molecule has 1 aliphatic carbocycles. The van der Waals surface area contributed by atoms with Crippen LogP contribution in [0.4, 0.5) is 0 Å². The summed E-state index contributed by atoms with van der Waals surface area (Å²) in [7, 11) is 0. The van der Waals surface area contributed by atoms with Crippen LogP contribution >= 0.6 is 11.3 Å². The van der Waals surface area contributed by atoms with E-state index in [-0.39, 0.29) is 0 Å². The second kappa shape index (κ2) is 4.65. The van der Waals surface area contributed by atoms with Crippen molar-refractivity contribution in [3.63, 3.8) is 0 Å². The van der Waals surface area contributed by atoms with Crippen LogP contribution in [0.2, 0.25) is 0 Å². The fraction of sp³-hybridized carbons (Fsp3) is 0.222. The molecule has 1 aliphatic rings. The Bertz CT molecular complexity index is 983. The lowest BCUT2D eigenvalue weighted by molar-refractivity contribution is 0.689. The third kappa shape index (κ3) is 1.67. The molecule has 0 spiro atoms. The topological polar surface area (TPSA) is 41.6 Å². The third-order valence-electron chi connectivity index (χ3n) is 4.64. The molecule has 0 amide bonds. The van der Waals surface area contributed by atoms with Crippen LogP contribution in [0.15, 0.2) is 35.8 Å². The first-order chi connectivity index (χ1) is 10.9. The number of fused-ring (bicyclic) bond motifs is 5. The molecule has 0 atom stereocenters. The van der Waals surface area contributed by atoms with Crippen molar-refractivity contribution < 1.29 is 0 Å². The summed E-state index contributed by atoms with van der Waals surface area (Å²) in [5.41, 5.74) is 6.34. The summed E-state index contributed by atoms with van der Waals surface area (Å²) in [6.45, 7) is 0. The number of nitrogens with zero attached hydrogens (tertiary/aromatic N) is 2. The zero-order valence-corrected chi connectivity index (χ0v) is 12.9.